The van der Waals surface area contributed by atoms with Crippen molar-refractivity contribution < 1.29 is 13.9 Å². The van der Waals surface area contributed by atoms with Gasteiger partial charge in [-0.1, -0.05) is 0 Å². The lowest BCUT2D eigenvalue weighted by Gasteiger charge is -1.96. The van der Waals surface area contributed by atoms with Gasteiger partial charge in [-0.3, -0.25) is 0 Å². The molecule has 1 heterocycles. The Morgan fingerprint density at radius 1 is 1.67 bits per heavy atom. The fourth-order valence-electron chi connectivity index (χ4n) is 0.656. The molecule has 0 bridgehead atoms. The fourth-order valence-corrected chi connectivity index (χ4v) is 0.979. The molecular weight excluding hydrogens is 228 g/mol. The summed E-state index contributed by atoms with van der Waals surface area (Å²) in [5.74, 6) is -0.704. The number of ether oxygens (including phenoxy) is 1. The SMILES string of the molecule is COC(=O)c1cc(Br)coc1=O. The second kappa shape index (κ2) is 3.53. The molecule has 0 saturated carbocycles. The maximum atomic E-state index is 10.9. The number of carbonyl (C=O) groups is 1. The molecule has 0 aliphatic carbocycles. The molecule has 1 aromatic rings. The van der Waals surface area contributed by atoms with Crippen LogP contribution < -0.4 is 5.63 Å². The molecule has 0 aliphatic heterocycles. The average Bonchev–Trinajstić information content (AvgIpc) is 2.08. The van der Waals surface area contributed by atoms with Crippen molar-refractivity contribution in [3.8, 4) is 0 Å². The topological polar surface area (TPSA) is 56.5 Å². The minimum absolute atomic E-state index is 0.119. The highest BCUT2D eigenvalue weighted by Gasteiger charge is 2.11. The average molecular weight is 233 g/mol. The quantitative estimate of drug-likeness (QED) is 0.683. The molecule has 64 valence electrons. The van der Waals surface area contributed by atoms with Crippen LogP contribution in [-0.2, 0) is 4.74 Å². The van der Waals surface area contributed by atoms with Crippen molar-refractivity contribution in [2.45, 2.75) is 0 Å². The minimum atomic E-state index is -0.704. The number of hydrogen-bond acceptors (Lipinski definition) is 4. The zero-order valence-electron chi connectivity index (χ0n) is 6.17. The van der Waals surface area contributed by atoms with Gasteiger partial charge in [0.1, 0.15) is 11.8 Å². The molecule has 1 aromatic heterocycles. The molecule has 0 fully saturated rings. The molecule has 5 heteroatoms. The van der Waals surface area contributed by atoms with E-state index in [0.717, 1.165) is 0 Å². The molecule has 0 N–H and O–H groups in total. The van der Waals surface area contributed by atoms with Crippen molar-refractivity contribution in [2.75, 3.05) is 7.11 Å². The van der Waals surface area contributed by atoms with E-state index in [0.29, 0.717) is 4.47 Å². The van der Waals surface area contributed by atoms with Crippen LogP contribution in [0.25, 0.3) is 0 Å². The number of rotatable bonds is 1. The second-order valence-electron chi connectivity index (χ2n) is 1.96. The number of methoxy groups -OCH3 is 1. The van der Waals surface area contributed by atoms with Gasteiger partial charge in [0.25, 0.3) is 0 Å². The lowest BCUT2D eigenvalue weighted by Crippen LogP contribution is -2.14. The largest absolute Gasteiger partial charge is 0.465 e. The van der Waals surface area contributed by atoms with Gasteiger partial charge >= 0.3 is 11.6 Å². The molecule has 0 amide bonds. The summed E-state index contributed by atoms with van der Waals surface area (Å²) in [6.45, 7) is 0. The van der Waals surface area contributed by atoms with Crippen LogP contribution in [-0.4, -0.2) is 13.1 Å². The van der Waals surface area contributed by atoms with Crippen molar-refractivity contribution >= 4 is 21.9 Å². The van der Waals surface area contributed by atoms with Crippen molar-refractivity contribution in [1.29, 1.82) is 0 Å². The lowest BCUT2D eigenvalue weighted by atomic mass is 10.3. The van der Waals surface area contributed by atoms with Crippen LogP contribution in [0.1, 0.15) is 10.4 Å². The van der Waals surface area contributed by atoms with Crippen molar-refractivity contribution in [3.63, 3.8) is 0 Å². The predicted octanol–water partition coefficient (Wildman–Crippen LogP) is 1.19. The van der Waals surface area contributed by atoms with Crippen LogP contribution in [0.2, 0.25) is 0 Å². The van der Waals surface area contributed by atoms with Gasteiger partial charge in [0.2, 0.25) is 0 Å². The zero-order chi connectivity index (χ0) is 9.14. The normalized spacial score (nSPS) is 9.50. The van der Waals surface area contributed by atoms with E-state index in [1.807, 2.05) is 0 Å². The van der Waals surface area contributed by atoms with Crippen molar-refractivity contribution in [2.24, 2.45) is 0 Å². The van der Waals surface area contributed by atoms with E-state index in [4.69, 9.17) is 0 Å². The molecule has 1 rings (SSSR count). The molecule has 0 radical (unpaired) electrons. The van der Waals surface area contributed by atoms with Gasteiger partial charge in [0.05, 0.1) is 11.6 Å². The van der Waals surface area contributed by atoms with E-state index in [2.05, 4.69) is 25.1 Å². The van der Waals surface area contributed by atoms with E-state index in [-0.39, 0.29) is 5.56 Å². The Hall–Kier alpha value is -1.10. The molecule has 4 nitrogen and oxygen atoms in total. The first-order valence-corrected chi connectivity index (χ1v) is 3.81. The van der Waals surface area contributed by atoms with Crippen LogP contribution in [0, 0.1) is 0 Å². The first kappa shape index (κ1) is 8.99. The van der Waals surface area contributed by atoms with Crippen LogP contribution >= 0.6 is 15.9 Å². The number of hydrogen-bond donors (Lipinski definition) is 0. The summed E-state index contributed by atoms with van der Waals surface area (Å²) in [5.41, 5.74) is -0.822. The highest BCUT2D eigenvalue weighted by Crippen LogP contribution is 2.08. The summed E-state index contributed by atoms with van der Waals surface area (Å²) in [6, 6.07) is 1.34. The summed E-state index contributed by atoms with van der Waals surface area (Å²) in [4.78, 5) is 21.8. The van der Waals surface area contributed by atoms with Gasteiger partial charge in [-0.05, 0) is 22.0 Å². The molecule has 12 heavy (non-hydrogen) atoms. The van der Waals surface area contributed by atoms with Gasteiger partial charge in [-0.25, -0.2) is 9.59 Å². The van der Waals surface area contributed by atoms with E-state index >= 15 is 0 Å². The van der Waals surface area contributed by atoms with E-state index in [9.17, 15) is 9.59 Å². The summed E-state index contributed by atoms with van der Waals surface area (Å²) in [7, 11) is 1.20. The monoisotopic (exact) mass is 232 g/mol. The fraction of sp³-hybridized carbons (Fsp3) is 0.143. The molecule has 0 aromatic carbocycles. The minimum Gasteiger partial charge on any atom is -0.465 e. The molecule has 0 saturated heterocycles. The smallest absolute Gasteiger partial charge is 0.350 e. The van der Waals surface area contributed by atoms with Crippen molar-refractivity contribution in [3.05, 3.63) is 32.8 Å². The molecule has 0 aliphatic rings. The van der Waals surface area contributed by atoms with Crippen LogP contribution in [0.4, 0.5) is 0 Å². The van der Waals surface area contributed by atoms with Crippen LogP contribution in [0.3, 0.4) is 0 Å². The Morgan fingerprint density at radius 3 is 2.92 bits per heavy atom. The van der Waals surface area contributed by atoms with E-state index < -0.39 is 11.6 Å². The van der Waals surface area contributed by atoms with Gasteiger partial charge in [-0.2, -0.15) is 0 Å². The van der Waals surface area contributed by atoms with Gasteiger partial charge in [0.15, 0.2) is 0 Å². The Labute approximate surface area is 76.3 Å². The second-order valence-corrected chi connectivity index (χ2v) is 2.87. The highest BCUT2D eigenvalue weighted by molar-refractivity contribution is 9.10. The highest BCUT2D eigenvalue weighted by atomic mass is 79.9. The van der Waals surface area contributed by atoms with Gasteiger partial charge < -0.3 is 9.15 Å². The first-order chi connectivity index (χ1) is 5.65. The third-order valence-corrected chi connectivity index (χ3v) is 1.60. The van der Waals surface area contributed by atoms with Crippen molar-refractivity contribution in [1.82, 2.24) is 0 Å². The Bertz CT molecular complexity index is 355. The summed E-state index contributed by atoms with van der Waals surface area (Å²) in [5, 5.41) is 0. The summed E-state index contributed by atoms with van der Waals surface area (Å²) in [6.07, 6.45) is 1.20. The molecule has 0 unspecified atom stereocenters. The van der Waals surface area contributed by atoms with Crippen LogP contribution in [0.5, 0.6) is 0 Å². The maximum Gasteiger partial charge on any atom is 0.350 e. The van der Waals surface area contributed by atoms with Crippen LogP contribution in [0.15, 0.2) is 26.0 Å². The van der Waals surface area contributed by atoms with Gasteiger partial charge in [-0.15, -0.1) is 0 Å². The predicted molar refractivity (Wildman–Crippen MR) is 44.0 cm³/mol. The Morgan fingerprint density at radius 2 is 2.33 bits per heavy atom. The summed E-state index contributed by atoms with van der Waals surface area (Å²) >= 11 is 3.05. The number of esters is 1. The standard InChI is InChI=1S/C7H5BrO4/c1-11-6(9)5-2-4(8)3-12-7(5)10/h2-3H,1H3. The number of halogens is 1. The third kappa shape index (κ3) is 1.73. The maximum absolute atomic E-state index is 10.9. The van der Waals surface area contributed by atoms with E-state index in [1.54, 1.807) is 0 Å². The Kier molecular flexibility index (Phi) is 2.65. The third-order valence-electron chi connectivity index (χ3n) is 1.19. The Balaban J connectivity index is 3.23. The first-order valence-electron chi connectivity index (χ1n) is 3.02. The van der Waals surface area contributed by atoms with E-state index in [1.165, 1.54) is 19.4 Å². The molecule has 0 spiro atoms. The molecular formula is C7H5BrO4. The van der Waals surface area contributed by atoms with Gasteiger partial charge in [0, 0.05) is 0 Å². The zero-order valence-corrected chi connectivity index (χ0v) is 7.75. The summed E-state index contributed by atoms with van der Waals surface area (Å²) < 4.78 is 9.38. The number of carbonyl (C=O) groups excluding carboxylic acids is 1. The molecule has 0 atom stereocenters. The lowest BCUT2D eigenvalue weighted by molar-refractivity contribution is 0.0595.